The lowest BCUT2D eigenvalue weighted by Gasteiger charge is -2.30. The van der Waals surface area contributed by atoms with Crippen molar-refractivity contribution >= 4 is 40.4 Å². The summed E-state index contributed by atoms with van der Waals surface area (Å²) in [5.74, 6) is 0.268. The highest BCUT2D eigenvalue weighted by Gasteiger charge is 2.36. The van der Waals surface area contributed by atoms with Crippen molar-refractivity contribution in [1.29, 1.82) is 0 Å². The molecule has 1 aliphatic carbocycles. The summed E-state index contributed by atoms with van der Waals surface area (Å²) in [6.45, 7) is 0. The Kier molecular flexibility index (Phi) is 5.01. The number of nitrogens with one attached hydrogen (secondary N) is 2. The van der Waals surface area contributed by atoms with E-state index in [1.54, 1.807) is 6.07 Å². The number of carbonyl (C=O) groups is 1. The van der Waals surface area contributed by atoms with E-state index >= 15 is 0 Å². The first-order chi connectivity index (χ1) is 14.6. The first-order valence-corrected chi connectivity index (χ1v) is 10.7. The third kappa shape index (κ3) is 3.38. The zero-order valence-electron chi connectivity index (χ0n) is 16.2. The maximum Gasteiger partial charge on any atom is 0.163 e. The fourth-order valence-corrected chi connectivity index (χ4v) is 4.85. The van der Waals surface area contributed by atoms with Crippen LogP contribution in [-0.2, 0) is 4.79 Å². The average molecular weight is 435 g/mol. The van der Waals surface area contributed by atoms with E-state index < -0.39 is 0 Å². The van der Waals surface area contributed by atoms with Gasteiger partial charge in [0.15, 0.2) is 5.78 Å². The standard InChI is InChI=1S/C25H20Cl2N2O/c26-18-10-6-9-17(24(18)27)25-23-21(28-19-11-4-5-12-20(19)29-25)13-16(14-22(23)30)15-7-2-1-3-8-15/h1-12,16,25,28-29H,13-14H2/t16-,25-/m0/s1. The van der Waals surface area contributed by atoms with E-state index in [4.69, 9.17) is 23.2 Å². The highest BCUT2D eigenvalue weighted by Crippen LogP contribution is 2.46. The van der Waals surface area contributed by atoms with Crippen LogP contribution in [0.2, 0.25) is 10.0 Å². The maximum absolute atomic E-state index is 13.5. The molecule has 3 nitrogen and oxygen atoms in total. The summed E-state index contributed by atoms with van der Waals surface area (Å²) >= 11 is 12.9. The Morgan fingerprint density at radius 2 is 1.53 bits per heavy atom. The van der Waals surface area contributed by atoms with E-state index in [1.807, 2.05) is 54.6 Å². The molecule has 150 valence electrons. The Hall–Kier alpha value is -2.75. The molecule has 0 saturated heterocycles. The molecule has 3 aromatic rings. The summed E-state index contributed by atoms with van der Waals surface area (Å²) in [6, 6.07) is 23.4. The van der Waals surface area contributed by atoms with Crippen molar-refractivity contribution in [3.8, 4) is 0 Å². The molecule has 0 aromatic heterocycles. The topological polar surface area (TPSA) is 41.1 Å². The summed E-state index contributed by atoms with van der Waals surface area (Å²) in [6.07, 6.45) is 1.23. The van der Waals surface area contributed by atoms with Crippen molar-refractivity contribution in [3.63, 3.8) is 0 Å². The van der Waals surface area contributed by atoms with Gasteiger partial charge in [0, 0.05) is 17.7 Å². The zero-order valence-corrected chi connectivity index (χ0v) is 17.7. The molecule has 5 heteroatoms. The lowest BCUT2D eigenvalue weighted by atomic mass is 9.78. The fraction of sp³-hybridized carbons (Fsp3) is 0.160. The molecule has 1 aliphatic heterocycles. The van der Waals surface area contributed by atoms with E-state index in [9.17, 15) is 4.79 Å². The summed E-state index contributed by atoms with van der Waals surface area (Å²) in [5, 5.41) is 8.04. The second kappa shape index (κ2) is 7.82. The van der Waals surface area contributed by atoms with Crippen LogP contribution in [0.15, 0.2) is 84.1 Å². The smallest absolute Gasteiger partial charge is 0.163 e. The molecular weight excluding hydrogens is 415 g/mol. The number of ketones is 1. The predicted molar refractivity (Wildman–Crippen MR) is 123 cm³/mol. The Morgan fingerprint density at radius 1 is 0.800 bits per heavy atom. The molecule has 0 unspecified atom stereocenters. The van der Waals surface area contributed by atoms with Gasteiger partial charge in [-0.2, -0.15) is 0 Å². The van der Waals surface area contributed by atoms with Crippen molar-refractivity contribution in [3.05, 3.63) is 105 Å². The number of fused-ring (bicyclic) bond motifs is 1. The molecule has 0 spiro atoms. The molecule has 0 fully saturated rings. The average Bonchev–Trinajstić information content (AvgIpc) is 2.93. The fourth-order valence-electron chi connectivity index (χ4n) is 4.43. The summed E-state index contributed by atoms with van der Waals surface area (Å²) in [5.41, 5.74) is 5.55. The molecular formula is C25H20Cl2N2O. The molecule has 0 radical (unpaired) electrons. The molecule has 2 N–H and O–H groups in total. The lowest BCUT2D eigenvalue weighted by molar-refractivity contribution is -0.116. The molecule has 2 aliphatic rings. The maximum atomic E-state index is 13.5. The van der Waals surface area contributed by atoms with E-state index in [0.717, 1.165) is 34.6 Å². The van der Waals surface area contributed by atoms with Gasteiger partial charge in [-0.25, -0.2) is 0 Å². The van der Waals surface area contributed by atoms with Crippen LogP contribution >= 0.6 is 23.2 Å². The number of para-hydroxylation sites is 2. The van der Waals surface area contributed by atoms with Gasteiger partial charge in [-0.05, 0) is 41.7 Å². The largest absolute Gasteiger partial charge is 0.372 e. The number of rotatable bonds is 2. The zero-order chi connectivity index (χ0) is 20.7. The predicted octanol–water partition coefficient (Wildman–Crippen LogP) is 6.97. The van der Waals surface area contributed by atoms with Gasteiger partial charge in [-0.15, -0.1) is 0 Å². The van der Waals surface area contributed by atoms with Crippen molar-refractivity contribution in [1.82, 2.24) is 0 Å². The van der Waals surface area contributed by atoms with Crippen LogP contribution in [0, 0.1) is 0 Å². The first kappa shape index (κ1) is 19.2. The Morgan fingerprint density at radius 3 is 2.33 bits per heavy atom. The number of hydrogen-bond acceptors (Lipinski definition) is 3. The first-order valence-electron chi connectivity index (χ1n) is 9.99. The van der Waals surface area contributed by atoms with E-state index in [2.05, 4.69) is 22.8 Å². The quantitative estimate of drug-likeness (QED) is 0.457. The number of Topliss-reactive ketones (excluding diaryl/α,β-unsaturated/α-hetero) is 1. The van der Waals surface area contributed by atoms with Gasteiger partial charge in [0.1, 0.15) is 0 Å². The van der Waals surface area contributed by atoms with E-state index in [1.165, 1.54) is 5.56 Å². The van der Waals surface area contributed by atoms with E-state index in [-0.39, 0.29) is 17.7 Å². The number of halogens is 2. The summed E-state index contributed by atoms with van der Waals surface area (Å²) in [4.78, 5) is 13.5. The normalized spacial score (nSPS) is 20.5. The van der Waals surface area contributed by atoms with Crippen molar-refractivity contribution in [2.45, 2.75) is 24.8 Å². The Balaban J connectivity index is 1.65. The highest BCUT2D eigenvalue weighted by atomic mass is 35.5. The number of hydrogen-bond donors (Lipinski definition) is 2. The van der Waals surface area contributed by atoms with Gasteiger partial charge >= 0.3 is 0 Å². The number of benzene rings is 3. The van der Waals surface area contributed by atoms with Gasteiger partial charge in [0.2, 0.25) is 0 Å². The summed E-state index contributed by atoms with van der Waals surface area (Å²) < 4.78 is 0. The number of carbonyl (C=O) groups excluding carboxylic acids is 1. The molecule has 1 heterocycles. The van der Waals surface area contributed by atoms with Crippen LogP contribution < -0.4 is 10.6 Å². The van der Waals surface area contributed by atoms with Crippen LogP contribution in [-0.4, -0.2) is 5.78 Å². The molecule has 0 amide bonds. The van der Waals surface area contributed by atoms with Crippen LogP contribution in [0.1, 0.15) is 35.9 Å². The van der Waals surface area contributed by atoms with Crippen LogP contribution in [0.3, 0.4) is 0 Å². The van der Waals surface area contributed by atoms with Gasteiger partial charge in [-0.3, -0.25) is 4.79 Å². The van der Waals surface area contributed by atoms with Crippen LogP contribution in [0.5, 0.6) is 0 Å². The van der Waals surface area contributed by atoms with Gasteiger partial charge < -0.3 is 10.6 Å². The Labute approximate surface area is 185 Å². The van der Waals surface area contributed by atoms with Crippen LogP contribution in [0.4, 0.5) is 11.4 Å². The summed E-state index contributed by atoms with van der Waals surface area (Å²) in [7, 11) is 0. The second-order valence-corrected chi connectivity index (χ2v) is 8.51. The van der Waals surface area contributed by atoms with Crippen molar-refractivity contribution in [2.24, 2.45) is 0 Å². The lowest BCUT2D eigenvalue weighted by Crippen LogP contribution is -2.27. The monoisotopic (exact) mass is 434 g/mol. The van der Waals surface area contributed by atoms with Crippen LogP contribution in [0.25, 0.3) is 0 Å². The van der Waals surface area contributed by atoms with Gasteiger partial charge in [0.25, 0.3) is 0 Å². The van der Waals surface area contributed by atoms with E-state index in [0.29, 0.717) is 16.5 Å². The minimum Gasteiger partial charge on any atom is -0.372 e. The number of anilines is 2. The molecule has 5 rings (SSSR count). The number of allylic oxidation sites excluding steroid dienone is 1. The minimum absolute atomic E-state index is 0.124. The van der Waals surface area contributed by atoms with Gasteiger partial charge in [0.05, 0.1) is 27.5 Å². The highest BCUT2D eigenvalue weighted by molar-refractivity contribution is 6.42. The Bertz CT molecular complexity index is 1160. The second-order valence-electron chi connectivity index (χ2n) is 7.72. The van der Waals surface area contributed by atoms with Crippen molar-refractivity contribution < 1.29 is 4.79 Å². The molecule has 2 atom stereocenters. The molecule has 3 aromatic carbocycles. The molecule has 0 bridgehead atoms. The minimum atomic E-state index is -0.369. The molecule has 0 saturated carbocycles. The molecule has 30 heavy (non-hydrogen) atoms. The van der Waals surface area contributed by atoms with Crippen molar-refractivity contribution in [2.75, 3.05) is 10.6 Å². The van der Waals surface area contributed by atoms with Gasteiger partial charge in [-0.1, -0.05) is 77.8 Å². The third-order valence-electron chi connectivity index (χ3n) is 5.87. The SMILES string of the molecule is O=C1C[C@@H](c2ccccc2)CC2=C1[C@H](c1cccc(Cl)c1Cl)Nc1ccccc1N2. The third-order valence-corrected chi connectivity index (χ3v) is 6.71.